The van der Waals surface area contributed by atoms with Crippen LogP contribution >= 0.6 is 11.3 Å². The van der Waals surface area contributed by atoms with Crippen molar-refractivity contribution in [2.75, 3.05) is 32.0 Å². The molecular formula is C20H22N4O6S2. The van der Waals surface area contributed by atoms with Crippen molar-refractivity contribution in [2.24, 2.45) is 0 Å². The van der Waals surface area contributed by atoms with E-state index in [2.05, 4.69) is 14.9 Å². The van der Waals surface area contributed by atoms with E-state index < -0.39 is 10.0 Å². The summed E-state index contributed by atoms with van der Waals surface area (Å²) in [5.74, 6) is 0.517. The van der Waals surface area contributed by atoms with Crippen LogP contribution in [0.5, 0.6) is 11.5 Å². The summed E-state index contributed by atoms with van der Waals surface area (Å²) in [4.78, 5) is 15.2. The van der Waals surface area contributed by atoms with E-state index in [1.54, 1.807) is 24.0 Å². The number of nitrogens with zero attached hydrogens (tertiary/aromatic N) is 3. The van der Waals surface area contributed by atoms with Gasteiger partial charge in [0.2, 0.25) is 0 Å². The van der Waals surface area contributed by atoms with Crippen LogP contribution in [0.1, 0.15) is 28.4 Å². The normalized spacial score (nSPS) is 13.9. The van der Waals surface area contributed by atoms with Crippen LogP contribution < -0.4 is 14.2 Å². The molecule has 170 valence electrons. The van der Waals surface area contributed by atoms with Crippen molar-refractivity contribution in [2.45, 2.75) is 24.7 Å². The summed E-state index contributed by atoms with van der Waals surface area (Å²) in [6.07, 6.45) is 1.90. The largest absolute Gasteiger partial charge is 0.497 e. The molecule has 0 unspecified atom stereocenters. The Kier molecular flexibility index (Phi) is 6.07. The van der Waals surface area contributed by atoms with Gasteiger partial charge >= 0.3 is 11.8 Å². The maximum absolute atomic E-state index is 13.1. The summed E-state index contributed by atoms with van der Waals surface area (Å²) in [6, 6.07) is 6.26. The van der Waals surface area contributed by atoms with Gasteiger partial charge in [0.1, 0.15) is 16.4 Å². The third kappa shape index (κ3) is 4.28. The van der Waals surface area contributed by atoms with Crippen molar-refractivity contribution in [3.8, 4) is 22.3 Å². The number of hydrogen-bond donors (Lipinski definition) is 1. The first-order valence-electron chi connectivity index (χ1n) is 9.81. The SMILES string of the molecule is COc1ccc(OC)c(NS(=O)(=O)c2cc(-c3nnc(C(=O)N4CCCC4)o3)sc2C)c1. The monoisotopic (exact) mass is 478 g/mol. The smallest absolute Gasteiger partial charge is 0.311 e. The molecule has 12 heteroatoms. The van der Waals surface area contributed by atoms with Gasteiger partial charge in [-0.25, -0.2) is 8.42 Å². The molecule has 0 bridgehead atoms. The fourth-order valence-corrected chi connectivity index (χ4v) is 5.97. The Bertz CT molecular complexity index is 1240. The highest BCUT2D eigenvalue weighted by molar-refractivity contribution is 7.93. The van der Waals surface area contributed by atoms with Crippen molar-refractivity contribution in [3.63, 3.8) is 0 Å². The van der Waals surface area contributed by atoms with Gasteiger partial charge in [-0.1, -0.05) is 0 Å². The Hall–Kier alpha value is -3.12. The summed E-state index contributed by atoms with van der Waals surface area (Å²) >= 11 is 1.18. The number of anilines is 1. The minimum Gasteiger partial charge on any atom is -0.497 e. The van der Waals surface area contributed by atoms with Crippen molar-refractivity contribution in [3.05, 3.63) is 35.0 Å². The van der Waals surface area contributed by atoms with Gasteiger partial charge in [-0.2, -0.15) is 0 Å². The Morgan fingerprint density at radius 2 is 1.91 bits per heavy atom. The van der Waals surface area contributed by atoms with Gasteiger partial charge in [-0.05, 0) is 38.0 Å². The zero-order chi connectivity index (χ0) is 22.9. The maximum Gasteiger partial charge on any atom is 0.311 e. The molecule has 1 aromatic carbocycles. The van der Waals surface area contributed by atoms with Gasteiger partial charge < -0.3 is 18.8 Å². The second-order valence-corrected chi connectivity index (χ2v) is 10.0. The summed E-state index contributed by atoms with van der Waals surface area (Å²) in [5, 5.41) is 7.79. The molecule has 1 fully saturated rings. The predicted octanol–water partition coefficient (Wildman–Crippen LogP) is 3.16. The van der Waals surface area contributed by atoms with Crippen LogP contribution in [0, 0.1) is 6.92 Å². The lowest BCUT2D eigenvalue weighted by atomic mass is 10.3. The fourth-order valence-electron chi connectivity index (χ4n) is 3.40. The summed E-state index contributed by atoms with van der Waals surface area (Å²) < 4.78 is 44.7. The minimum atomic E-state index is -3.95. The molecule has 1 aliphatic heterocycles. The highest BCUT2D eigenvalue weighted by Crippen LogP contribution is 2.36. The van der Waals surface area contributed by atoms with Gasteiger partial charge in [-0.3, -0.25) is 9.52 Å². The second kappa shape index (κ2) is 8.79. The number of aromatic nitrogens is 2. The first-order chi connectivity index (χ1) is 15.3. The van der Waals surface area contributed by atoms with Crippen LogP contribution in [0.3, 0.4) is 0 Å². The van der Waals surface area contributed by atoms with Crippen LogP contribution in [-0.2, 0) is 10.0 Å². The Balaban J connectivity index is 1.60. The highest BCUT2D eigenvalue weighted by atomic mass is 32.2. The lowest BCUT2D eigenvalue weighted by Crippen LogP contribution is -2.27. The number of benzene rings is 1. The number of ether oxygens (including phenoxy) is 2. The number of carbonyl (C=O) groups excluding carboxylic acids is 1. The Morgan fingerprint density at radius 3 is 2.59 bits per heavy atom. The lowest BCUT2D eigenvalue weighted by Gasteiger charge is -2.13. The molecule has 3 heterocycles. The van der Waals surface area contributed by atoms with Gasteiger partial charge in [0.25, 0.3) is 15.9 Å². The van der Waals surface area contributed by atoms with Crippen LogP contribution in [-0.4, -0.2) is 56.7 Å². The minimum absolute atomic E-state index is 0.0630. The van der Waals surface area contributed by atoms with Gasteiger partial charge in [0.05, 0.1) is 24.8 Å². The molecule has 0 spiro atoms. The third-order valence-corrected chi connectivity index (χ3v) is 7.68. The zero-order valence-electron chi connectivity index (χ0n) is 17.7. The van der Waals surface area contributed by atoms with Crippen LogP contribution in [0.25, 0.3) is 10.8 Å². The van der Waals surface area contributed by atoms with Crippen molar-refractivity contribution in [1.29, 1.82) is 0 Å². The van der Waals surface area contributed by atoms with Crippen LogP contribution in [0.15, 0.2) is 33.6 Å². The molecule has 3 aromatic rings. The topological polar surface area (TPSA) is 124 Å². The highest BCUT2D eigenvalue weighted by Gasteiger charge is 2.27. The Labute approximate surface area is 189 Å². The average Bonchev–Trinajstić information content (AvgIpc) is 3.53. The van der Waals surface area contributed by atoms with E-state index in [0.29, 0.717) is 34.3 Å². The second-order valence-electron chi connectivity index (χ2n) is 7.11. The Morgan fingerprint density at radius 1 is 1.16 bits per heavy atom. The van der Waals surface area contributed by atoms with Gasteiger partial charge in [0.15, 0.2) is 0 Å². The number of methoxy groups -OCH3 is 2. The number of nitrogens with one attached hydrogen (secondary N) is 1. The number of amides is 1. The molecule has 0 saturated carbocycles. The lowest BCUT2D eigenvalue weighted by molar-refractivity contribution is 0.0754. The fraction of sp³-hybridized carbons (Fsp3) is 0.350. The van der Waals surface area contributed by atoms with Gasteiger partial charge in [-0.15, -0.1) is 21.5 Å². The van der Waals surface area contributed by atoms with E-state index in [0.717, 1.165) is 12.8 Å². The van der Waals surface area contributed by atoms with E-state index in [-0.39, 0.29) is 28.3 Å². The summed E-state index contributed by atoms with van der Waals surface area (Å²) in [7, 11) is -1.01. The number of likely N-dealkylation sites (tertiary alicyclic amines) is 1. The average molecular weight is 479 g/mol. The molecule has 1 amide bonds. The van der Waals surface area contributed by atoms with Crippen molar-refractivity contribution >= 4 is 33.0 Å². The number of sulfonamides is 1. The summed E-state index contributed by atoms with van der Waals surface area (Å²) in [6.45, 7) is 3.01. The predicted molar refractivity (Wildman–Crippen MR) is 118 cm³/mol. The van der Waals surface area contributed by atoms with Crippen molar-refractivity contribution in [1.82, 2.24) is 15.1 Å². The van der Waals surface area contributed by atoms with Crippen LogP contribution in [0.4, 0.5) is 5.69 Å². The molecule has 10 nitrogen and oxygen atoms in total. The first-order valence-corrected chi connectivity index (χ1v) is 12.1. The van der Waals surface area contributed by atoms with E-state index >= 15 is 0 Å². The number of thiophene rings is 1. The molecular weight excluding hydrogens is 456 g/mol. The number of hydrogen-bond acceptors (Lipinski definition) is 9. The first kappa shape index (κ1) is 22.1. The quantitative estimate of drug-likeness (QED) is 0.549. The molecule has 1 aliphatic rings. The molecule has 4 rings (SSSR count). The number of rotatable bonds is 7. The van der Waals surface area contributed by atoms with E-state index in [4.69, 9.17) is 13.9 Å². The molecule has 0 aliphatic carbocycles. The molecule has 2 aromatic heterocycles. The van der Waals surface area contributed by atoms with Crippen molar-refractivity contribution < 1.29 is 27.1 Å². The number of carbonyl (C=O) groups is 1. The summed E-state index contributed by atoms with van der Waals surface area (Å²) in [5.41, 5.74) is 0.246. The molecule has 32 heavy (non-hydrogen) atoms. The molecule has 1 saturated heterocycles. The number of aryl methyl sites for hydroxylation is 1. The van der Waals surface area contributed by atoms with Gasteiger partial charge in [0, 0.05) is 24.0 Å². The maximum atomic E-state index is 13.1. The van der Waals surface area contributed by atoms with Crippen LogP contribution in [0.2, 0.25) is 0 Å². The van der Waals surface area contributed by atoms with E-state index in [1.165, 1.54) is 37.7 Å². The standard InChI is InChI=1S/C20H22N4O6S2/c1-12-17(32(26,27)23-14-10-13(28-2)6-7-15(14)29-3)11-16(31-12)18-21-22-19(30-18)20(25)24-8-4-5-9-24/h6-7,10-11,23H,4-5,8-9H2,1-3H3. The molecule has 0 radical (unpaired) electrons. The molecule has 0 atom stereocenters. The van der Waals surface area contributed by atoms with E-state index in [1.807, 2.05) is 0 Å². The third-order valence-electron chi connectivity index (χ3n) is 5.02. The molecule has 1 N–H and O–H groups in total. The van der Waals surface area contributed by atoms with E-state index in [9.17, 15) is 13.2 Å². The zero-order valence-corrected chi connectivity index (χ0v) is 19.4.